The van der Waals surface area contributed by atoms with Gasteiger partial charge in [-0.05, 0) is 50.6 Å². The minimum atomic E-state index is 0.660. The lowest BCUT2D eigenvalue weighted by Gasteiger charge is -2.18. The highest BCUT2D eigenvalue weighted by molar-refractivity contribution is 9.10. The summed E-state index contributed by atoms with van der Waals surface area (Å²) >= 11 is 3.43. The van der Waals surface area contributed by atoms with Crippen molar-refractivity contribution in [3.8, 4) is 11.5 Å². The third-order valence-electron chi connectivity index (χ3n) is 3.70. The van der Waals surface area contributed by atoms with Crippen LogP contribution in [-0.4, -0.2) is 22.5 Å². The first-order chi connectivity index (χ1) is 9.22. The molecule has 0 amide bonds. The van der Waals surface area contributed by atoms with E-state index in [-0.39, 0.29) is 0 Å². The van der Waals surface area contributed by atoms with Crippen molar-refractivity contribution in [2.75, 3.05) is 6.54 Å². The smallest absolute Gasteiger partial charge is 0.226 e. The fourth-order valence-electron chi connectivity index (χ4n) is 2.54. The molecular formula is C15H17BrN2O. The molecule has 0 saturated carbocycles. The second-order valence-corrected chi connectivity index (χ2v) is 6.03. The summed E-state index contributed by atoms with van der Waals surface area (Å²) in [5.74, 6) is 0.703. The molecule has 1 unspecified atom stereocenters. The Morgan fingerprint density at radius 1 is 1.37 bits per heavy atom. The van der Waals surface area contributed by atoms with Gasteiger partial charge < -0.3 is 4.42 Å². The maximum absolute atomic E-state index is 5.58. The molecule has 0 N–H and O–H groups in total. The van der Waals surface area contributed by atoms with Crippen LogP contribution >= 0.6 is 15.9 Å². The lowest BCUT2D eigenvalue weighted by Crippen LogP contribution is -2.26. The Morgan fingerprint density at radius 3 is 2.84 bits per heavy atom. The van der Waals surface area contributed by atoms with E-state index in [1.165, 1.54) is 19.4 Å². The molecule has 0 aliphatic carbocycles. The standard InChI is InChI=1S/C15H17BrN2O/c1-11-3-2-8-18(11)9-14-10-19-15(17-14)12-4-6-13(16)7-5-12/h4-7,10-11H,2-3,8-9H2,1H3. The summed E-state index contributed by atoms with van der Waals surface area (Å²) < 4.78 is 6.65. The monoisotopic (exact) mass is 320 g/mol. The van der Waals surface area contributed by atoms with Gasteiger partial charge in [0.25, 0.3) is 0 Å². The van der Waals surface area contributed by atoms with E-state index < -0.39 is 0 Å². The van der Waals surface area contributed by atoms with Crippen molar-refractivity contribution in [3.63, 3.8) is 0 Å². The molecule has 0 bridgehead atoms. The molecular weight excluding hydrogens is 304 g/mol. The molecule has 0 radical (unpaired) electrons. The molecule has 3 nitrogen and oxygen atoms in total. The summed E-state index contributed by atoms with van der Waals surface area (Å²) in [5, 5.41) is 0. The van der Waals surface area contributed by atoms with Gasteiger partial charge in [0.2, 0.25) is 5.89 Å². The summed E-state index contributed by atoms with van der Waals surface area (Å²) in [4.78, 5) is 7.05. The maximum Gasteiger partial charge on any atom is 0.226 e. The number of aromatic nitrogens is 1. The van der Waals surface area contributed by atoms with Crippen LogP contribution in [0.25, 0.3) is 11.5 Å². The van der Waals surface area contributed by atoms with Crippen molar-refractivity contribution in [1.29, 1.82) is 0 Å². The highest BCUT2D eigenvalue weighted by Crippen LogP contribution is 2.23. The minimum Gasteiger partial charge on any atom is -0.444 e. The van der Waals surface area contributed by atoms with Crippen LogP contribution in [0.1, 0.15) is 25.5 Å². The van der Waals surface area contributed by atoms with Gasteiger partial charge in [0.05, 0.1) is 5.69 Å². The number of rotatable bonds is 3. The van der Waals surface area contributed by atoms with Gasteiger partial charge in [-0.25, -0.2) is 4.98 Å². The van der Waals surface area contributed by atoms with Gasteiger partial charge in [0, 0.05) is 22.6 Å². The highest BCUT2D eigenvalue weighted by Gasteiger charge is 2.21. The Balaban J connectivity index is 1.74. The van der Waals surface area contributed by atoms with Gasteiger partial charge in [-0.3, -0.25) is 4.90 Å². The minimum absolute atomic E-state index is 0.660. The average Bonchev–Trinajstić information content (AvgIpc) is 3.01. The van der Waals surface area contributed by atoms with Crippen LogP contribution in [0.3, 0.4) is 0 Å². The van der Waals surface area contributed by atoms with E-state index >= 15 is 0 Å². The Morgan fingerprint density at radius 2 is 2.16 bits per heavy atom. The first-order valence-electron chi connectivity index (χ1n) is 6.67. The third-order valence-corrected chi connectivity index (χ3v) is 4.23. The van der Waals surface area contributed by atoms with Crippen LogP contribution in [0, 0.1) is 0 Å². The largest absolute Gasteiger partial charge is 0.444 e. The van der Waals surface area contributed by atoms with Gasteiger partial charge in [-0.15, -0.1) is 0 Å². The summed E-state index contributed by atoms with van der Waals surface area (Å²) in [6, 6.07) is 8.69. The van der Waals surface area contributed by atoms with Crippen molar-refractivity contribution in [3.05, 3.63) is 40.7 Å². The maximum atomic E-state index is 5.58. The average molecular weight is 321 g/mol. The number of nitrogens with zero attached hydrogens (tertiary/aromatic N) is 2. The summed E-state index contributed by atoms with van der Waals surface area (Å²) in [6.45, 7) is 4.34. The first-order valence-corrected chi connectivity index (χ1v) is 7.46. The molecule has 1 aliphatic rings. The Hall–Kier alpha value is -1.13. The van der Waals surface area contributed by atoms with Crippen molar-refractivity contribution in [1.82, 2.24) is 9.88 Å². The lowest BCUT2D eigenvalue weighted by molar-refractivity contribution is 0.257. The van der Waals surface area contributed by atoms with E-state index in [1.54, 1.807) is 6.26 Å². The van der Waals surface area contributed by atoms with Crippen molar-refractivity contribution in [2.24, 2.45) is 0 Å². The topological polar surface area (TPSA) is 29.3 Å². The van der Waals surface area contributed by atoms with E-state index in [0.717, 1.165) is 22.3 Å². The Kier molecular flexibility index (Phi) is 3.71. The highest BCUT2D eigenvalue weighted by atomic mass is 79.9. The summed E-state index contributed by atoms with van der Waals surface area (Å²) in [5.41, 5.74) is 2.04. The van der Waals surface area contributed by atoms with Crippen LogP contribution in [0.2, 0.25) is 0 Å². The van der Waals surface area contributed by atoms with Gasteiger partial charge in [0.15, 0.2) is 0 Å². The zero-order chi connectivity index (χ0) is 13.2. The fraction of sp³-hybridized carbons (Fsp3) is 0.400. The van der Waals surface area contributed by atoms with Crippen molar-refractivity contribution < 1.29 is 4.42 Å². The van der Waals surface area contributed by atoms with Crippen molar-refractivity contribution in [2.45, 2.75) is 32.4 Å². The van der Waals surface area contributed by atoms with Crippen LogP contribution in [0.15, 0.2) is 39.4 Å². The Bertz CT molecular complexity index is 550. The quantitative estimate of drug-likeness (QED) is 0.853. The number of hydrogen-bond acceptors (Lipinski definition) is 3. The third kappa shape index (κ3) is 2.90. The molecule has 1 fully saturated rings. The molecule has 2 aromatic rings. The van der Waals surface area contributed by atoms with E-state index in [0.29, 0.717) is 11.9 Å². The fourth-order valence-corrected chi connectivity index (χ4v) is 2.80. The molecule has 1 aliphatic heterocycles. The first kappa shape index (κ1) is 12.9. The second-order valence-electron chi connectivity index (χ2n) is 5.11. The van der Waals surface area contributed by atoms with Crippen LogP contribution < -0.4 is 0 Å². The van der Waals surface area contributed by atoms with E-state index in [4.69, 9.17) is 4.42 Å². The van der Waals surface area contributed by atoms with E-state index in [2.05, 4.69) is 32.7 Å². The summed E-state index contributed by atoms with van der Waals surface area (Å²) in [7, 11) is 0. The Labute approximate surface area is 121 Å². The van der Waals surface area contributed by atoms with Crippen molar-refractivity contribution >= 4 is 15.9 Å². The van der Waals surface area contributed by atoms with Gasteiger partial charge in [-0.1, -0.05) is 15.9 Å². The predicted molar refractivity (Wildman–Crippen MR) is 78.7 cm³/mol. The number of likely N-dealkylation sites (tertiary alicyclic amines) is 1. The van der Waals surface area contributed by atoms with Crippen LogP contribution in [-0.2, 0) is 6.54 Å². The van der Waals surface area contributed by atoms with Gasteiger partial charge in [-0.2, -0.15) is 0 Å². The lowest BCUT2D eigenvalue weighted by atomic mass is 10.2. The molecule has 4 heteroatoms. The molecule has 1 atom stereocenters. The molecule has 1 aromatic carbocycles. The number of benzene rings is 1. The molecule has 0 spiro atoms. The zero-order valence-corrected chi connectivity index (χ0v) is 12.6. The normalized spacial score (nSPS) is 20.0. The van der Waals surface area contributed by atoms with Crippen LogP contribution in [0.4, 0.5) is 0 Å². The molecule has 3 rings (SSSR count). The second kappa shape index (κ2) is 5.47. The number of hydrogen-bond donors (Lipinski definition) is 0. The van der Waals surface area contributed by atoms with Gasteiger partial charge in [0.1, 0.15) is 6.26 Å². The summed E-state index contributed by atoms with van der Waals surface area (Å²) in [6.07, 6.45) is 4.36. The SMILES string of the molecule is CC1CCCN1Cc1coc(-c2ccc(Br)cc2)n1. The molecule has 1 saturated heterocycles. The molecule has 19 heavy (non-hydrogen) atoms. The zero-order valence-electron chi connectivity index (χ0n) is 11.0. The van der Waals surface area contributed by atoms with Gasteiger partial charge >= 0.3 is 0 Å². The molecule has 1 aromatic heterocycles. The van der Waals surface area contributed by atoms with E-state index in [9.17, 15) is 0 Å². The molecule has 2 heterocycles. The number of oxazole rings is 1. The molecule has 100 valence electrons. The van der Waals surface area contributed by atoms with E-state index in [1.807, 2.05) is 24.3 Å². The number of halogens is 1. The predicted octanol–water partition coefficient (Wildman–Crippen LogP) is 4.09. The van der Waals surface area contributed by atoms with Crippen LogP contribution in [0.5, 0.6) is 0 Å².